The number of carbonyl (C=O) groups is 1. The van der Waals surface area contributed by atoms with Crippen molar-refractivity contribution in [3.8, 4) is 11.6 Å². The monoisotopic (exact) mass is 421 g/mol. The summed E-state index contributed by atoms with van der Waals surface area (Å²) in [5.41, 5.74) is 8.07. The van der Waals surface area contributed by atoms with Crippen molar-refractivity contribution >= 4 is 17.5 Å². The maximum atomic E-state index is 11.1. The second kappa shape index (κ2) is 9.28. The number of nitrogens with zero attached hydrogens (tertiary/aromatic N) is 2. The second-order valence-corrected chi connectivity index (χ2v) is 8.00. The molecule has 0 radical (unpaired) electrons. The van der Waals surface area contributed by atoms with E-state index in [4.69, 9.17) is 22.1 Å². The minimum Gasteiger partial charge on any atom is -0.439 e. The Morgan fingerprint density at radius 2 is 1.93 bits per heavy atom. The van der Waals surface area contributed by atoms with Crippen molar-refractivity contribution in [2.45, 2.75) is 25.3 Å². The fraction of sp³-hybridized carbons (Fsp3) is 0.250. The summed E-state index contributed by atoms with van der Waals surface area (Å²) in [4.78, 5) is 17.7. The Labute approximate surface area is 181 Å². The molecule has 0 spiro atoms. The lowest BCUT2D eigenvalue weighted by Gasteiger charge is -2.33. The third-order valence-electron chi connectivity index (χ3n) is 5.42. The Kier molecular flexibility index (Phi) is 6.31. The van der Waals surface area contributed by atoms with Crippen LogP contribution in [0.25, 0.3) is 0 Å². The number of piperidine rings is 1. The summed E-state index contributed by atoms with van der Waals surface area (Å²) in [6.45, 7) is 3.00. The number of amides is 1. The van der Waals surface area contributed by atoms with E-state index in [9.17, 15) is 4.79 Å². The average Bonchev–Trinajstić information content (AvgIpc) is 2.76. The molecule has 1 aliphatic heterocycles. The predicted octanol–water partition coefficient (Wildman–Crippen LogP) is 5.01. The number of likely N-dealkylation sites (tertiary alicyclic amines) is 1. The molecule has 1 saturated heterocycles. The first-order valence-electron chi connectivity index (χ1n) is 10.1. The average molecular weight is 422 g/mol. The quantitative estimate of drug-likeness (QED) is 0.607. The molecule has 1 aliphatic rings. The number of rotatable bonds is 6. The number of ether oxygens (including phenoxy) is 1. The standard InChI is InChI=1S/C24H24ClN3O2/c25-22-6-2-1-5-21(22)19-4-3-13-28(16-19)15-17-7-10-20(11-8-17)30-23-12-9-18(14-27-23)24(26)29/h1-2,5-12,14,19H,3-4,13,15-16H2,(H2,26,29). The van der Waals surface area contributed by atoms with Gasteiger partial charge in [0, 0.05) is 30.4 Å². The van der Waals surface area contributed by atoms with Crippen molar-refractivity contribution in [3.63, 3.8) is 0 Å². The van der Waals surface area contributed by atoms with Gasteiger partial charge in [-0.25, -0.2) is 4.98 Å². The van der Waals surface area contributed by atoms with Gasteiger partial charge in [-0.1, -0.05) is 41.9 Å². The molecule has 2 aromatic carbocycles. The molecule has 1 fully saturated rings. The van der Waals surface area contributed by atoms with Crippen LogP contribution in [0.2, 0.25) is 5.02 Å². The van der Waals surface area contributed by atoms with E-state index in [1.807, 2.05) is 24.3 Å². The van der Waals surface area contributed by atoms with Gasteiger partial charge >= 0.3 is 0 Å². The molecule has 0 bridgehead atoms. The number of carbonyl (C=O) groups excluding carboxylic acids is 1. The highest BCUT2D eigenvalue weighted by molar-refractivity contribution is 6.31. The van der Waals surface area contributed by atoms with Crippen molar-refractivity contribution in [1.82, 2.24) is 9.88 Å². The molecule has 0 saturated carbocycles. The predicted molar refractivity (Wildman–Crippen MR) is 118 cm³/mol. The number of aromatic nitrogens is 1. The largest absolute Gasteiger partial charge is 0.439 e. The van der Waals surface area contributed by atoms with E-state index in [1.54, 1.807) is 12.1 Å². The van der Waals surface area contributed by atoms with Gasteiger partial charge in [-0.15, -0.1) is 0 Å². The summed E-state index contributed by atoms with van der Waals surface area (Å²) in [5, 5.41) is 0.864. The van der Waals surface area contributed by atoms with E-state index in [1.165, 1.54) is 30.2 Å². The number of hydrogen-bond acceptors (Lipinski definition) is 4. The number of primary amides is 1. The van der Waals surface area contributed by atoms with Crippen LogP contribution in [0.3, 0.4) is 0 Å². The van der Waals surface area contributed by atoms with E-state index in [0.717, 1.165) is 24.7 Å². The van der Waals surface area contributed by atoms with Gasteiger partial charge in [0.2, 0.25) is 11.8 Å². The first-order chi connectivity index (χ1) is 14.6. The van der Waals surface area contributed by atoms with Crippen LogP contribution in [0.4, 0.5) is 0 Å². The van der Waals surface area contributed by atoms with Crippen molar-refractivity contribution in [3.05, 3.63) is 88.6 Å². The highest BCUT2D eigenvalue weighted by atomic mass is 35.5. The molecular weight excluding hydrogens is 398 g/mol. The summed E-state index contributed by atoms with van der Waals surface area (Å²) < 4.78 is 5.75. The lowest BCUT2D eigenvalue weighted by atomic mass is 9.90. The van der Waals surface area contributed by atoms with Crippen molar-refractivity contribution < 1.29 is 9.53 Å². The first-order valence-corrected chi connectivity index (χ1v) is 10.5. The van der Waals surface area contributed by atoms with Crippen LogP contribution < -0.4 is 10.5 Å². The highest BCUT2D eigenvalue weighted by Gasteiger charge is 2.22. The van der Waals surface area contributed by atoms with Crippen molar-refractivity contribution in [1.29, 1.82) is 0 Å². The summed E-state index contributed by atoms with van der Waals surface area (Å²) >= 11 is 6.41. The second-order valence-electron chi connectivity index (χ2n) is 7.59. The minimum atomic E-state index is -0.507. The Morgan fingerprint density at radius 1 is 1.13 bits per heavy atom. The smallest absolute Gasteiger partial charge is 0.250 e. The zero-order chi connectivity index (χ0) is 20.9. The molecular formula is C24H24ClN3O2. The van der Waals surface area contributed by atoms with Crippen LogP contribution in [-0.2, 0) is 6.54 Å². The van der Waals surface area contributed by atoms with Gasteiger partial charge in [0.05, 0.1) is 5.56 Å². The molecule has 2 N–H and O–H groups in total. The molecule has 5 nitrogen and oxygen atoms in total. The lowest BCUT2D eigenvalue weighted by Crippen LogP contribution is -2.33. The molecule has 2 heterocycles. The number of benzene rings is 2. The maximum absolute atomic E-state index is 11.1. The molecule has 1 atom stereocenters. The third kappa shape index (κ3) is 4.99. The van der Waals surface area contributed by atoms with Crippen molar-refractivity contribution in [2.75, 3.05) is 13.1 Å². The molecule has 6 heteroatoms. The first kappa shape index (κ1) is 20.4. The molecule has 1 unspecified atom stereocenters. The normalized spacial score (nSPS) is 16.9. The zero-order valence-electron chi connectivity index (χ0n) is 16.6. The molecule has 154 valence electrons. The van der Waals surface area contributed by atoms with E-state index in [-0.39, 0.29) is 0 Å². The van der Waals surface area contributed by atoms with Crippen LogP contribution >= 0.6 is 11.6 Å². The molecule has 3 aromatic rings. The molecule has 0 aliphatic carbocycles. The van der Waals surface area contributed by atoms with Crippen LogP contribution in [0.1, 0.15) is 40.2 Å². The maximum Gasteiger partial charge on any atom is 0.250 e. The van der Waals surface area contributed by atoms with E-state index in [2.05, 4.69) is 34.1 Å². The molecule has 1 aromatic heterocycles. The summed E-state index contributed by atoms with van der Waals surface area (Å²) in [7, 11) is 0. The topological polar surface area (TPSA) is 68.5 Å². The fourth-order valence-electron chi connectivity index (χ4n) is 3.89. The number of nitrogens with two attached hydrogens (primary N) is 1. The summed E-state index contributed by atoms with van der Waals surface area (Å²) in [6.07, 6.45) is 3.76. The highest BCUT2D eigenvalue weighted by Crippen LogP contribution is 2.32. The Morgan fingerprint density at radius 3 is 2.63 bits per heavy atom. The van der Waals surface area contributed by atoms with Gasteiger partial charge in [0.25, 0.3) is 0 Å². The zero-order valence-corrected chi connectivity index (χ0v) is 17.4. The van der Waals surface area contributed by atoms with Gasteiger partial charge in [0.1, 0.15) is 5.75 Å². The van der Waals surface area contributed by atoms with Gasteiger partial charge in [-0.3, -0.25) is 9.69 Å². The van der Waals surface area contributed by atoms with Gasteiger partial charge in [0.15, 0.2) is 0 Å². The van der Waals surface area contributed by atoms with Crippen LogP contribution in [0.5, 0.6) is 11.6 Å². The van der Waals surface area contributed by atoms with Gasteiger partial charge in [-0.05, 0) is 60.7 Å². The number of pyridine rings is 1. The van der Waals surface area contributed by atoms with E-state index >= 15 is 0 Å². The molecule has 1 amide bonds. The Bertz CT molecular complexity index is 1010. The Balaban J connectivity index is 1.36. The molecule has 4 rings (SSSR count). The summed E-state index contributed by atoms with van der Waals surface area (Å²) in [6, 6.07) is 19.4. The lowest BCUT2D eigenvalue weighted by molar-refractivity contribution is 0.1000. The number of hydrogen-bond donors (Lipinski definition) is 1. The Hall–Kier alpha value is -2.89. The molecule has 30 heavy (non-hydrogen) atoms. The van der Waals surface area contributed by atoms with Gasteiger partial charge < -0.3 is 10.5 Å². The third-order valence-corrected chi connectivity index (χ3v) is 5.77. The van der Waals surface area contributed by atoms with Gasteiger partial charge in [-0.2, -0.15) is 0 Å². The van der Waals surface area contributed by atoms with Crippen molar-refractivity contribution in [2.24, 2.45) is 5.73 Å². The SMILES string of the molecule is NC(=O)c1ccc(Oc2ccc(CN3CCCC(c4ccccc4Cl)C3)cc2)nc1. The van der Waals surface area contributed by atoms with E-state index in [0.29, 0.717) is 23.1 Å². The minimum absolute atomic E-state index is 0.356. The van der Waals surface area contributed by atoms with Crippen LogP contribution in [0, 0.1) is 0 Å². The van der Waals surface area contributed by atoms with Crippen LogP contribution in [-0.4, -0.2) is 28.9 Å². The fourth-order valence-corrected chi connectivity index (χ4v) is 4.18. The van der Waals surface area contributed by atoms with E-state index < -0.39 is 5.91 Å². The summed E-state index contributed by atoms with van der Waals surface area (Å²) in [5.74, 6) is 1.09. The number of halogens is 1. The van der Waals surface area contributed by atoms with Crippen LogP contribution in [0.15, 0.2) is 66.9 Å².